The van der Waals surface area contributed by atoms with Crippen molar-refractivity contribution in [1.82, 2.24) is 0 Å². The summed E-state index contributed by atoms with van der Waals surface area (Å²) in [5.74, 6) is -3.94. The number of halogens is 4. The first-order valence-corrected chi connectivity index (χ1v) is 2.68. The van der Waals surface area contributed by atoms with Crippen molar-refractivity contribution in [3.63, 3.8) is 0 Å². The highest BCUT2D eigenvalue weighted by molar-refractivity contribution is 4.85. The van der Waals surface area contributed by atoms with Gasteiger partial charge in [-0.2, -0.15) is 17.6 Å². The van der Waals surface area contributed by atoms with E-state index >= 15 is 0 Å². The van der Waals surface area contributed by atoms with Gasteiger partial charge in [-0.1, -0.05) is 6.08 Å². The molecular weight excluding hydrogens is 148 g/mol. The van der Waals surface area contributed by atoms with Gasteiger partial charge in [-0.3, -0.25) is 0 Å². The first kappa shape index (κ1) is 9.46. The lowest BCUT2D eigenvalue weighted by atomic mass is 10.2. The normalized spacial score (nSPS) is 12.1. The van der Waals surface area contributed by atoms with Gasteiger partial charge in [-0.15, -0.1) is 6.58 Å². The third-order valence-corrected chi connectivity index (χ3v) is 0.939. The van der Waals surface area contributed by atoms with E-state index in [0.717, 1.165) is 0 Å². The van der Waals surface area contributed by atoms with Crippen LogP contribution in [0.1, 0.15) is 12.8 Å². The molecule has 0 aromatic heterocycles. The Balaban J connectivity index is 3.74. The van der Waals surface area contributed by atoms with Crippen LogP contribution in [0.5, 0.6) is 0 Å². The van der Waals surface area contributed by atoms with Crippen LogP contribution in [0.4, 0.5) is 17.6 Å². The molecule has 0 aliphatic rings. The van der Waals surface area contributed by atoms with Gasteiger partial charge in [0.05, 0.1) is 0 Å². The number of alkyl halides is 2. The minimum Gasteiger partial charge on any atom is -0.200 e. The highest BCUT2D eigenvalue weighted by Gasteiger charge is 2.41. The van der Waals surface area contributed by atoms with E-state index in [2.05, 4.69) is 6.58 Å². The molecule has 0 nitrogen and oxygen atoms in total. The Labute approximate surface area is 56.5 Å². The van der Waals surface area contributed by atoms with E-state index in [1.165, 1.54) is 6.08 Å². The molecule has 0 amide bonds. The lowest BCUT2D eigenvalue weighted by Gasteiger charge is -2.11. The molecule has 1 radical (unpaired) electrons. The zero-order chi connectivity index (χ0) is 8.20. The Morgan fingerprint density at radius 3 is 2.20 bits per heavy atom. The molecule has 0 spiro atoms. The fourth-order valence-corrected chi connectivity index (χ4v) is 0.378. The number of hydrogen-bond donors (Lipinski definition) is 0. The van der Waals surface area contributed by atoms with Crippen molar-refractivity contribution in [2.45, 2.75) is 18.8 Å². The monoisotopic (exact) mass is 155 g/mol. The molecule has 0 aliphatic carbocycles. The molecule has 0 heterocycles. The summed E-state index contributed by atoms with van der Waals surface area (Å²) in [6.07, 6.45) is -2.62. The number of hydrogen-bond acceptors (Lipinski definition) is 0. The molecule has 0 saturated carbocycles. The molecular formula is C6H7F4. The number of allylic oxidation sites excluding steroid dienone is 1. The lowest BCUT2D eigenvalue weighted by Crippen LogP contribution is -2.19. The molecule has 0 atom stereocenters. The zero-order valence-electron chi connectivity index (χ0n) is 5.21. The van der Waals surface area contributed by atoms with Crippen molar-refractivity contribution < 1.29 is 17.6 Å². The molecule has 0 fully saturated rings. The Bertz CT molecular complexity index is 108. The minimum absolute atomic E-state index is 0.107. The summed E-state index contributed by atoms with van der Waals surface area (Å²) in [4.78, 5) is 0. The van der Waals surface area contributed by atoms with E-state index in [9.17, 15) is 17.6 Å². The van der Waals surface area contributed by atoms with Crippen LogP contribution in [0.15, 0.2) is 12.7 Å². The quantitative estimate of drug-likeness (QED) is 0.432. The summed E-state index contributed by atoms with van der Waals surface area (Å²) in [6.45, 7) is 3.14. The zero-order valence-corrected chi connectivity index (χ0v) is 5.21. The van der Waals surface area contributed by atoms with Crippen molar-refractivity contribution in [2.24, 2.45) is 0 Å². The van der Waals surface area contributed by atoms with Gasteiger partial charge in [0.15, 0.2) is 0 Å². The van der Waals surface area contributed by atoms with Crippen LogP contribution in [0.25, 0.3) is 0 Å². The first-order chi connectivity index (χ1) is 4.50. The Kier molecular flexibility index (Phi) is 3.39. The van der Waals surface area contributed by atoms with Crippen LogP contribution < -0.4 is 0 Å². The van der Waals surface area contributed by atoms with Gasteiger partial charge in [0.2, 0.25) is 0 Å². The number of rotatable bonds is 4. The third-order valence-electron chi connectivity index (χ3n) is 0.939. The van der Waals surface area contributed by atoms with Gasteiger partial charge in [0.25, 0.3) is 0 Å². The maximum Gasteiger partial charge on any atom is 0.378 e. The van der Waals surface area contributed by atoms with Gasteiger partial charge in [0, 0.05) is 6.42 Å². The summed E-state index contributed by atoms with van der Waals surface area (Å²) in [5.41, 5.74) is 0. The average Bonchev–Trinajstić information content (AvgIpc) is 1.84. The molecule has 0 aliphatic heterocycles. The largest absolute Gasteiger partial charge is 0.378 e. The van der Waals surface area contributed by atoms with Crippen molar-refractivity contribution >= 4 is 0 Å². The molecule has 0 unspecified atom stereocenters. The van der Waals surface area contributed by atoms with E-state index in [0.29, 0.717) is 0 Å². The van der Waals surface area contributed by atoms with Crippen LogP contribution in [-0.2, 0) is 0 Å². The summed E-state index contributed by atoms with van der Waals surface area (Å²) in [6, 6.07) is 0. The van der Waals surface area contributed by atoms with Crippen molar-refractivity contribution in [3.05, 3.63) is 19.1 Å². The van der Waals surface area contributed by atoms with Gasteiger partial charge in [-0.05, 0) is 6.42 Å². The van der Waals surface area contributed by atoms with Crippen LogP contribution in [-0.4, -0.2) is 5.92 Å². The molecule has 10 heavy (non-hydrogen) atoms. The molecule has 0 aromatic carbocycles. The van der Waals surface area contributed by atoms with Crippen LogP contribution in [0, 0.1) is 6.43 Å². The second-order valence-corrected chi connectivity index (χ2v) is 1.79. The molecule has 0 rings (SSSR count). The Morgan fingerprint density at radius 1 is 1.40 bits per heavy atom. The summed E-state index contributed by atoms with van der Waals surface area (Å²) in [7, 11) is 0. The second-order valence-electron chi connectivity index (χ2n) is 1.79. The van der Waals surface area contributed by atoms with Crippen molar-refractivity contribution in [2.75, 3.05) is 0 Å². The summed E-state index contributed by atoms with van der Waals surface area (Å²) in [5, 5.41) is 0. The highest BCUT2D eigenvalue weighted by atomic mass is 19.3. The van der Waals surface area contributed by atoms with Crippen LogP contribution in [0.2, 0.25) is 0 Å². The topological polar surface area (TPSA) is 0 Å². The van der Waals surface area contributed by atoms with Gasteiger partial charge >= 0.3 is 12.3 Å². The Morgan fingerprint density at radius 2 is 1.90 bits per heavy atom. The fourth-order valence-electron chi connectivity index (χ4n) is 0.378. The van der Waals surface area contributed by atoms with Crippen molar-refractivity contribution in [3.8, 4) is 0 Å². The predicted octanol–water partition coefficient (Wildman–Crippen LogP) is 3.02. The van der Waals surface area contributed by atoms with E-state index in [1.807, 2.05) is 0 Å². The van der Waals surface area contributed by atoms with Gasteiger partial charge < -0.3 is 0 Å². The minimum atomic E-state index is -3.94. The smallest absolute Gasteiger partial charge is 0.200 e. The van der Waals surface area contributed by atoms with Crippen LogP contribution in [0.3, 0.4) is 0 Å². The SMILES string of the molecule is C=CCCC(F)(F)[C](F)F. The third kappa shape index (κ3) is 2.85. The maximum absolute atomic E-state index is 11.9. The molecule has 59 valence electrons. The highest BCUT2D eigenvalue weighted by Crippen LogP contribution is 2.33. The van der Waals surface area contributed by atoms with Gasteiger partial charge in [0.1, 0.15) is 0 Å². The molecule has 0 bridgehead atoms. The lowest BCUT2D eigenvalue weighted by molar-refractivity contribution is -0.0647. The predicted molar refractivity (Wildman–Crippen MR) is 29.8 cm³/mol. The summed E-state index contributed by atoms with van der Waals surface area (Å²) < 4.78 is 46.3. The van der Waals surface area contributed by atoms with E-state index in [4.69, 9.17) is 0 Å². The first-order valence-electron chi connectivity index (χ1n) is 2.68. The Hall–Kier alpha value is -0.540. The second kappa shape index (κ2) is 3.58. The van der Waals surface area contributed by atoms with Gasteiger partial charge in [-0.25, -0.2) is 0 Å². The molecule has 0 N–H and O–H groups in total. The average molecular weight is 155 g/mol. The summed E-state index contributed by atoms with van der Waals surface area (Å²) >= 11 is 0. The molecule has 4 heteroatoms. The maximum atomic E-state index is 11.9. The van der Waals surface area contributed by atoms with Crippen molar-refractivity contribution in [1.29, 1.82) is 0 Å². The standard InChI is InChI=1S/C6H7F4/c1-2-3-4-6(9,10)5(7)8/h2H,1,3-4H2. The molecule has 0 aromatic rings. The fraction of sp³-hybridized carbons (Fsp3) is 0.500. The van der Waals surface area contributed by atoms with Crippen LogP contribution >= 0.6 is 0 Å². The van der Waals surface area contributed by atoms with E-state index in [1.54, 1.807) is 0 Å². The van der Waals surface area contributed by atoms with E-state index in [-0.39, 0.29) is 6.42 Å². The van der Waals surface area contributed by atoms with E-state index < -0.39 is 18.8 Å². The molecule has 0 saturated heterocycles.